The monoisotopic (exact) mass is 613 g/mol. The Bertz CT molecular complexity index is 2550. The van der Waals surface area contributed by atoms with E-state index in [0.29, 0.717) is 0 Å². The van der Waals surface area contributed by atoms with Gasteiger partial charge in [0.25, 0.3) is 0 Å². The third kappa shape index (κ3) is 5.01. The number of rotatable bonds is 6. The Kier molecular flexibility index (Phi) is 6.84. The van der Waals surface area contributed by atoms with Crippen LogP contribution in [0.3, 0.4) is 0 Å². The quantitative estimate of drug-likeness (QED) is 0.185. The highest BCUT2D eigenvalue weighted by Gasteiger charge is 2.22. The molecule has 0 spiro atoms. The number of furan rings is 1. The van der Waals surface area contributed by atoms with Gasteiger partial charge >= 0.3 is 0 Å². The van der Waals surface area contributed by atoms with Gasteiger partial charge in [-0.2, -0.15) is 0 Å². The molecule has 226 valence electrons. The lowest BCUT2D eigenvalue weighted by molar-refractivity contribution is 0.669. The van der Waals surface area contributed by atoms with E-state index < -0.39 is 0 Å². The van der Waals surface area contributed by atoms with Gasteiger partial charge in [0.1, 0.15) is 5.58 Å². The molecule has 0 amide bonds. The lowest BCUT2D eigenvalue weighted by Crippen LogP contribution is -2.10. The van der Waals surface area contributed by atoms with Crippen molar-refractivity contribution in [2.24, 2.45) is 0 Å². The van der Waals surface area contributed by atoms with Gasteiger partial charge in [0.05, 0.1) is 5.69 Å². The summed E-state index contributed by atoms with van der Waals surface area (Å²) in [5.41, 5.74) is 11.8. The van der Waals surface area contributed by atoms with Crippen LogP contribution < -0.4 is 4.90 Å². The first-order chi connectivity index (χ1) is 23.8. The van der Waals surface area contributed by atoms with Crippen LogP contribution in [-0.2, 0) is 0 Å². The molecule has 48 heavy (non-hydrogen) atoms. The second kappa shape index (κ2) is 11.8. The molecule has 0 radical (unpaired) electrons. The lowest BCUT2D eigenvalue weighted by Gasteiger charge is -2.27. The lowest BCUT2D eigenvalue weighted by atomic mass is 9.97. The Morgan fingerprint density at radius 3 is 1.73 bits per heavy atom. The van der Waals surface area contributed by atoms with Gasteiger partial charge in [-0.25, -0.2) is 0 Å². The number of benzene rings is 8. The molecule has 2 nitrogen and oxygen atoms in total. The molecule has 0 atom stereocenters. The zero-order valence-corrected chi connectivity index (χ0v) is 26.3. The molecule has 0 fully saturated rings. The second-order valence-corrected chi connectivity index (χ2v) is 12.2. The summed E-state index contributed by atoms with van der Waals surface area (Å²) in [4.78, 5) is 2.34. The molecule has 0 saturated heterocycles. The summed E-state index contributed by atoms with van der Waals surface area (Å²) in [6.07, 6.45) is 0. The summed E-state index contributed by atoms with van der Waals surface area (Å²) in [5.74, 6) is 0. The molecule has 0 bridgehead atoms. The Morgan fingerprint density at radius 2 is 0.938 bits per heavy atom. The van der Waals surface area contributed by atoms with Crippen LogP contribution in [0.4, 0.5) is 17.1 Å². The van der Waals surface area contributed by atoms with Crippen molar-refractivity contribution >= 4 is 49.8 Å². The van der Waals surface area contributed by atoms with Gasteiger partial charge in [-0.15, -0.1) is 0 Å². The minimum absolute atomic E-state index is 0.859. The van der Waals surface area contributed by atoms with Crippen molar-refractivity contribution in [1.29, 1.82) is 0 Å². The third-order valence-corrected chi connectivity index (χ3v) is 9.23. The molecule has 0 saturated carbocycles. The zero-order chi connectivity index (χ0) is 31.9. The van der Waals surface area contributed by atoms with Crippen LogP contribution in [-0.4, -0.2) is 0 Å². The van der Waals surface area contributed by atoms with Crippen molar-refractivity contribution in [2.75, 3.05) is 4.90 Å². The molecule has 8 aromatic carbocycles. The van der Waals surface area contributed by atoms with Crippen LogP contribution in [0.1, 0.15) is 0 Å². The molecular weight excluding hydrogens is 583 g/mol. The molecule has 9 rings (SSSR count). The van der Waals surface area contributed by atoms with E-state index in [4.69, 9.17) is 4.42 Å². The van der Waals surface area contributed by atoms with E-state index in [1.807, 2.05) is 6.07 Å². The van der Waals surface area contributed by atoms with Crippen molar-refractivity contribution in [1.82, 2.24) is 0 Å². The minimum Gasteiger partial charge on any atom is -0.454 e. The highest BCUT2D eigenvalue weighted by Crippen LogP contribution is 2.45. The summed E-state index contributed by atoms with van der Waals surface area (Å²) >= 11 is 0. The van der Waals surface area contributed by atoms with Crippen LogP contribution in [0.25, 0.3) is 66.1 Å². The van der Waals surface area contributed by atoms with E-state index in [0.717, 1.165) is 50.1 Å². The Labute approximate surface area is 279 Å². The van der Waals surface area contributed by atoms with Gasteiger partial charge in [0.2, 0.25) is 0 Å². The molecule has 0 aliphatic heterocycles. The Balaban J connectivity index is 1.30. The first-order valence-corrected chi connectivity index (χ1v) is 16.3. The maximum atomic E-state index is 6.73. The third-order valence-electron chi connectivity index (χ3n) is 9.23. The molecular formula is C46H31NO. The number of hydrogen-bond acceptors (Lipinski definition) is 2. The van der Waals surface area contributed by atoms with Crippen LogP contribution in [0.2, 0.25) is 0 Å². The fourth-order valence-electron chi connectivity index (χ4n) is 6.83. The smallest absolute Gasteiger partial charge is 0.159 e. The number of hydrogen-bond donors (Lipinski definition) is 0. The van der Waals surface area contributed by atoms with Crippen LogP contribution >= 0.6 is 0 Å². The number of nitrogens with zero attached hydrogens (tertiary/aromatic N) is 1. The molecule has 2 heteroatoms. The van der Waals surface area contributed by atoms with Gasteiger partial charge in [0.15, 0.2) is 5.58 Å². The highest BCUT2D eigenvalue weighted by molar-refractivity contribution is 6.12. The maximum absolute atomic E-state index is 6.73. The summed E-state index contributed by atoms with van der Waals surface area (Å²) in [7, 11) is 0. The summed E-state index contributed by atoms with van der Waals surface area (Å²) in [5, 5.41) is 4.65. The SMILES string of the molecule is c1ccc(-c2ccc(N(c3cccc(-c4ccccc4)c3)c3cc(-c4ccc5ccccc5c4)cc4c3oc3ccccc34)cc2)cc1. The molecule has 1 heterocycles. The largest absolute Gasteiger partial charge is 0.454 e. The predicted molar refractivity (Wildman–Crippen MR) is 202 cm³/mol. The fourth-order valence-corrected chi connectivity index (χ4v) is 6.83. The van der Waals surface area contributed by atoms with E-state index in [1.54, 1.807) is 0 Å². The average molecular weight is 614 g/mol. The van der Waals surface area contributed by atoms with Gasteiger partial charge in [-0.1, -0.05) is 140 Å². The normalized spacial score (nSPS) is 11.3. The zero-order valence-electron chi connectivity index (χ0n) is 26.3. The van der Waals surface area contributed by atoms with Crippen molar-refractivity contribution in [2.45, 2.75) is 0 Å². The van der Waals surface area contributed by atoms with Crippen LogP contribution in [0.15, 0.2) is 192 Å². The van der Waals surface area contributed by atoms with Gasteiger partial charge < -0.3 is 9.32 Å². The van der Waals surface area contributed by atoms with Crippen molar-refractivity contribution in [3.05, 3.63) is 188 Å². The molecule has 1 aromatic heterocycles. The topological polar surface area (TPSA) is 16.4 Å². The fraction of sp³-hybridized carbons (Fsp3) is 0. The maximum Gasteiger partial charge on any atom is 0.159 e. The van der Waals surface area contributed by atoms with Gasteiger partial charge in [-0.3, -0.25) is 0 Å². The number of para-hydroxylation sites is 1. The van der Waals surface area contributed by atoms with Crippen LogP contribution in [0.5, 0.6) is 0 Å². The summed E-state index contributed by atoms with van der Waals surface area (Å²) in [6.45, 7) is 0. The number of fused-ring (bicyclic) bond motifs is 4. The van der Waals surface area contributed by atoms with E-state index in [2.05, 4.69) is 187 Å². The van der Waals surface area contributed by atoms with Crippen LogP contribution in [0, 0.1) is 0 Å². The van der Waals surface area contributed by atoms with Crippen molar-refractivity contribution in [3.63, 3.8) is 0 Å². The van der Waals surface area contributed by atoms with E-state index in [9.17, 15) is 0 Å². The molecule has 0 unspecified atom stereocenters. The summed E-state index contributed by atoms with van der Waals surface area (Å²) < 4.78 is 6.73. The highest BCUT2D eigenvalue weighted by atomic mass is 16.3. The minimum atomic E-state index is 0.859. The van der Waals surface area contributed by atoms with Gasteiger partial charge in [-0.05, 0) is 92.7 Å². The summed E-state index contributed by atoms with van der Waals surface area (Å²) in [6, 6.07) is 66.9. The average Bonchev–Trinajstić information content (AvgIpc) is 3.55. The van der Waals surface area contributed by atoms with Gasteiger partial charge in [0, 0.05) is 22.1 Å². The van der Waals surface area contributed by atoms with E-state index in [-0.39, 0.29) is 0 Å². The molecule has 0 aliphatic carbocycles. The molecule has 0 aliphatic rings. The Morgan fingerprint density at radius 1 is 0.333 bits per heavy atom. The molecule has 9 aromatic rings. The second-order valence-electron chi connectivity index (χ2n) is 12.2. The van der Waals surface area contributed by atoms with Crippen molar-refractivity contribution < 1.29 is 4.42 Å². The first-order valence-electron chi connectivity index (χ1n) is 16.3. The Hall–Kier alpha value is -6.38. The number of anilines is 3. The first kappa shape index (κ1) is 27.9. The molecule has 0 N–H and O–H groups in total. The predicted octanol–water partition coefficient (Wildman–Crippen LogP) is 13.2. The van der Waals surface area contributed by atoms with E-state index >= 15 is 0 Å². The standard InChI is InChI=1S/C46H31NO/c1-3-12-32(13-4-1)35-24-26-40(27-25-35)47(41-19-11-18-37(29-41)33-14-5-2-6-15-33)44-31-39(38-23-22-34-16-7-8-17-36(34)28-38)30-43-42-20-9-10-21-45(42)48-46(43)44/h1-31H. The van der Waals surface area contributed by atoms with E-state index in [1.165, 1.54) is 33.0 Å². The van der Waals surface area contributed by atoms with Crippen molar-refractivity contribution in [3.8, 4) is 33.4 Å².